The van der Waals surface area contributed by atoms with Gasteiger partial charge in [-0.05, 0) is 43.2 Å². The summed E-state index contributed by atoms with van der Waals surface area (Å²) in [5.41, 5.74) is 0.638. The summed E-state index contributed by atoms with van der Waals surface area (Å²) in [7, 11) is -3.61. The van der Waals surface area contributed by atoms with Crippen LogP contribution in [0.1, 0.15) is 12.8 Å². The number of fused-ring (bicyclic) bond motifs is 1. The molecule has 2 aliphatic heterocycles. The van der Waals surface area contributed by atoms with E-state index in [1.54, 1.807) is 24.3 Å². The van der Waals surface area contributed by atoms with E-state index in [0.717, 1.165) is 11.3 Å². The van der Waals surface area contributed by atoms with Crippen LogP contribution in [0.15, 0.2) is 39.0 Å². The summed E-state index contributed by atoms with van der Waals surface area (Å²) in [5, 5.41) is 10.5. The lowest BCUT2D eigenvalue weighted by Crippen LogP contribution is -2.41. The Morgan fingerprint density at radius 1 is 1.09 bits per heavy atom. The van der Waals surface area contributed by atoms with Gasteiger partial charge in [-0.1, -0.05) is 16.7 Å². The summed E-state index contributed by atoms with van der Waals surface area (Å²) in [5.74, 6) is 0.817. The van der Waals surface area contributed by atoms with E-state index in [9.17, 15) is 13.2 Å². The first-order valence-corrected chi connectivity index (χ1v) is 12.8. The fraction of sp³-hybridized carbons (Fsp3) is 0.350. The van der Waals surface area contributed by atoms with Crippen molar-refractivity contribution >= 4 is 44.9 Å². The Bertz CT molecular complexity index is 1280. The third kappa shape index (κ3) is 4.56. The molecule has 2 aliphatic rings. The molecule has 0 aliphatic carbocycles. The SMILES string of the molecule is O=C(Nc1nnc(-c2ccc3c(c2)OCCO3)o1)C1CCN(S(=O)(=O)c2ccc(Cl)s2)CC1. The fourth-order valence-corrected chi connectivity index (χ4v) is 6.80. The molecule has 3 aromatic rings. The van der Waals surface area contributed by atoms with Gasteiger partial charge in [0.15, 0.2) is 11.5 Å². The van der Waals surface area contributed by atoms with E-state index < -0.39 is 10.0 Å². The lowest BCUT2D eigenvalue weighted by Gasteiger charge is -2.29. The second-order valence-corrected chi connectivity index (χ2v) is 11.4. The molecule has 1 aromatic carbocycles. The van der Waals surface area contributed by atoms with Crippen LogP contribution in [0.4, 0.5) is 6.01 Å². The van der Waals surface area contributed by atoms with Gasteiger partial charge in [0, 0.05) is 24.6 Å². The predicted octanol–water partition coefficient (Wildman–Crippen LogP) is 3.26. The molecule has 13 heteroatoms. The number of hydrogen-bond donors (Lipinski definition) is 1. The smallest absolute Gasteiger partial charge is 0.322 e. The number of aromatic nitrogens is 2. The average Bonchev–Trinajstić information content (AvgIpc) is 3.48. The molecule has 0 radical (unpaired) electrons. The van der Waals surface area contributed by atoms with Gasteiger partial charge in [0.2, 0.25) is 11.8 Å². The highest BCUT2D eigenvalue weighted by Crippen LogP contribution is 2.35. The largest absolute Gasteiger partial charge is 0.486 e. The Balaban J connectivity index is 1.20. The highest BCUT2D eigenvalue weighted by Gasteiger charge is 2.33. The molecule has 2 aromatic heterocycles. The van der Waals surface area contributed by atoms with Crippen molar-refractivity contribution in [3.63, 3.8) is 0 Å². The van der Waals surface area contributed by atoms with E-state index in [0.29, 0.717) is 47.5 Å². The maximum absolute atomic E-state index is 12.7. The zero-order valence-electron chi connectivity index (χ0n) is 17.2. The number of ether oxygens (including phenoxy) is 2. The fourth-order valence-electron chi connectivity index (χ4n) is 3.70. The minimum Gasteiger partial charge on any atom is -0.486 e. The van der Waals surface area contributed by atoms with Crippen molar-refractivity contribution in [2.24, 2.45) is 5.92 Å². The Morgan fingerprint density at radius 3 is 2.58 bits per heavy atom. The van der Waals surface area contributed by atoms with E-state index in [2.05, 4.69) is 15.5 Å². The number of benzene rings is 1. The summed E-state index contributed by atoms with van der Waals surface area (Å²) in [6, 6.07) is 8.30. The van der Waals surface area contributed by atoms with Crippen molar-refractivity contribution in [2.45, 2.75) is 17.1 Å². The van der Waals surface area contributed by atoms with Crippen molar-refractivity contribution in [3.05, 3.63) is 34.7 Å². The number of carbonyl (C=O) groups is 1. The van der Waals surface area contributed by atoms with Crippen LogP contribution in [-0.2, 0) is 14.8 Å². The van der Waals surface area contributed by atoms with Crippen LogP contribution in [0.5, 0.6) is 11.5 Å². The monoisotopic (exact) mass is 510 g/mol. The summed E-state index contributed by atoms with van der Waals surface area (Å²) in [4.78, 5) is 12.7. The number of halogens is 1. The van der Waals surface area contributed by atoms with Crippen molar-refractivity contribution < 1.29 is 27.1 Å². The molecule has 1 saturated heterocycles. The maximum atomic E-state index is 12.7. The van der Waals surface area contributed by atoms with Gasteiger partial charge in [0.1, 0.15) is 17.4 Å². The molecule has 0 unspecified atom stereocenters. The van der Waals surface area contributed by atoms with Gasteiger partial charge in [-0.25, -0.2) is 8.42 Å². The molecule has 0 bridgehead atoms. The topological polar surface area (TPSA) is 124 Å². The van der Waals surface area contributed by atoms with E-state index >= 15 is 0 Å². The van der Waals surface area contributed by atoms with Gasteiger partial charge in [-0.15, -0.1) is 16.4 Å². The average molecular weight is 511 g/mol. The van der Waals surface area contributed by atoms with Gasteiger partial charge < -0.3 is 13.9 Å². The quantitative estimate of drug-likeness (QED) is 0.554. The predicted molar refractivity (Wildman–Crippen MR) is 120 cm³/mol. The number of nitrogens with zero attached hydrogens (tertiary/aromatic N) is 3. The number of hydrogen-bond acceptors (Lipinski definition) is 9. The zero-order chi connectivity index (χ0) is 23.0. The lowest BCUT2D eigenvalue weighted by atomic mass is 9.97. The van der Waals surface area contributed by atoms with Crippen molar-refractivity contribution in [3.8, 4) is 23.0 Å². The second-order valence-electron chi connectivity index (χ2n) is 7.50. The van der Waals surface area contributed by atoms with Crippen molar-refractivity contribution in [1.29, 1.82) is 0 Å². The molecular formula is C20H19ClN4O6S2. The van der Waals surface area contributed by atoms with E-state index in [1.807, 2.05) is 0 Å². The number of thiophene rings is 1. The Kier molecular flexibility index (Phi) is 5.99. The third-order valence-corrected chi connectivity index (χ3v) is 9.01. The lowest BCUT2D eigenvalue weighted by molar-refractivity contribution is -0.121. The molecule has 1 amide bonds. The third-order valence-electron chi connectivity index (χ3n) is 5.41. The van der Waals surface area contributed by atoms with Crippen LogP contribution in [-0.4, -0.2) is 55.1 Å². The normalized spacial score (nSPS) is 17.1. The standard InChI is InChI=1S/C20H19ClN4O6S2/c21-16-3-4-17(32-16)33(27,28)25-7-5-12(6-8-25)18(26)22-20-24-23-19(31-20)13-1-2-14-15(11-13)30-10-9-29-14/h1-4,11-12H,5-10H2,(H,22,24,26). The van der Waals surface area contributed by atoms with Crippen LogP contribution in [0.25, 0.3) is 11.5 Å². The summed E-state index contributed by atoms with van der Waals surface area (Å²) >= 11 is 6.89. The molecular weight excluding hydrogens is 492 g/mol. The molecule has 0 atom stereocenters. The first kappa shape index (κ1) is 22.1. The number of sulfonamides is 1. The highest BCUT2D eigenvalue weighted by atomic mass is 35.5. The molecule has 0 spiro atoms. The molecule has 5 rings (SSSR count). The minimum atomic E-state index is -3.61. The first-order valence-electron chi connectivity index (χ1n) is 10.2. The number of rotatable bonds is 5. The minimum absolute atomic E-state index is 0.0202. The van der Waals surface area contributed by atoms with Crippen LogP contribution in [0.2, 0.25) is 4.34 Å². The van der Waals surface area contributed by atoms with E-state index in [1.165, 1.54) is 10.4 Å². The van der Waals surface area contributed by atoms with Crippen LogP contribution >= 0.6 is 22.9 Å². The molecule has 0 saturated carbocycles. The Labute approximate surface area is 198 Å². The summed E-state index contributed by atoms with van der Waals surface area (Å²) in [6.07, 6.45) is 0.765. The number of amides is 1. The Morgan fingerprint density at radius 2 is 1.85 bits per heavy atom. The maximum Gasteiger partial charge on any atom is 0.322 e. The molecule has 4 heterocycles. The van der Waals surface area contributed by atoms with Crippen LogP contribution < -0.4 is 14.8 Å². The summed E-state index contributed by atoms with van der Waals surface area (Å²) < 4.78 is 44.1. The van der Waals surface area contributed by atoms with Gasteiger partial charge in [-0.2, -0.15) is 4.31 Å². The number of nitrogens with one attached hydrogen (secondary N) is 1. The van der Waals surface area contributed by atoms with Crippen molar-refractivity contribution in [2.75, 3.05) is 31.6 Å². The molecule has 33 heavy (non-hydrogen) atoms. The zero-order valence-corrected chi connectivity index (χ0v) is 19.6. The van der Waals surface area contributed by atoms with Crippen molar-refractivity contribution in [1.82, 2.24) is 14.5 Å². The highest BCUT2D eigenvalue weighted by molar-refractivity contribution is 7.91. The number of carbonyl (C=O) groups excluding carboxylic acids is 1. The molecule has 10 nitrogen and oxygen atoms in total. The van der Waals surface area contributed by atoms with Crippen LogP contribution in [0.3, 0.4) is 0 Å². The molecule has 1 fully saturated rings. The van der Waals surface area contributed by atoms with Gasteiger partial charge >= 0.3 is 6.01 Å². The molecule has 1 N–H and O–H groups in total. The van der Waals surface area contributed by atoms with Gasteiger partial charge in [-0.3, -0.25) is 10.1 Å². The first-order chi connectivity index (χ1) is 15.9. The number of piperidine rings is 1. The van der Waals surface area contributed by atoms with Gasteiger partial charge in [0.05, 0.1) is 4.34 Å². The Hall–Kier alpha value is -2.67. The van der Waals surface area contributed by atoms with Crippen LogP contribution in [0, 0.1) is 5.92 Å². The second kappa shape index (κ2) is 8.93. The van der Waals surface area contributed by atoms with E-state index in [-0.39, 0.29) is 41.0 Å². The number of anilines is 1. The molecule has 174 valence electrons. The summed E-state index contributed by atoms with van der Waals surface area (Å²) in [6.45, 7) is 1.43. The van der Waals surface area contributed by atoms with E-state index in [4.69, 9.17) is 25.5 Å². The van der Waals surface area contributed by atoms with Gasteiger partial charge in [0.25, 0.3) is 10.0 Å².